The Labute approximate surface area is 175 Å². The van der Waals surface area contributed by atoms with Gasteiger partial charge >= 0.3 is 0 Å². The number of benzene rings is 2. The minimum Gasteiger partial charge on any atom is -0.508 e. The number of aromatic hydroxyl groups is 1. The number of hydrogen-bond acceptors (Lipinski definition) is 5. The van der Waals surface area contributed by atoms with E-state index in [-0.39, 0.29) is 23.6 Å². The van der Waals surface area contributed by atoms with Gasteiger partial charge in [0.25, 0.3) is 5.91 Å². The van der Waals surface area contributed by atoms with Crippen molar-refractivity contribution in [2.45, 2.75) is 18.6 Å². The van der Waals surface area contributed by atoms with E-state index in [4.69, 9.17) is 0 Å². The van der Waals surface area contributed by atoms with Gasteiger partial charge in [0.15, 0.2) is 0 Å². The third kappa shape index (κ3) is 4.04. The molecule has 30 heavy (non-hydrogen) atoms. The van der Waals surface area contributed by atoms with Gasteiger partial charge in [-0.05, 0) is 37.2 Å². The van der Waals surface area contributed by atoms with Crippen molar-refractivity contribution in [2.75, 3.05) is 33.2 Å². The summed E-state index contributed by atoms with van der Waals surface area (Å²) in [6, 6.07) is 15.7. The second kappa shape index (κ2) is 8.08. The maximum Gasteiger partial charge on any atom is 0.254 e. The molecule has 0 saturated carbocycles. The van der Waals surface area contributed by atoms with Crippen molar-refractivity contribution >= 4 is 11.8 Å². The van der Waals surface area contributed by atoms with Crippen LogP contribution in [0.5, 0.6) is 5.75 Å². The fraction of sp³-hybridized carbons (Fsp3) is 0.391. The second-order valence-electron chi connectivity index (χ2n) is 8.52. The quantitative estimate of drug-likeness (QED) is 0.682. The van der Waals surface area contributed by atoms with E-state index in [1.165, 1.54) is 12.1 Å². The lowest BCUT2D eigenvalue weighted by atomic mass is 9.73. The molecule has 4 rings (SSSR count). The lowest BCUT2D eigenvalue weighted by molar-refractivity contribution is -0.140. The molecule has 0 bridgehead atoms. The predicted octanol–water partition coefficient (Wildman–Crippen LogP) is 0.868. The molecule has 2 amide bonds. The first-order valence-electron chi connectivity index (χ1n) is 10.2. The van der Waals surface area contributed by atoms with E-state index in [1.54, 1.807) is 17.0 Å². The Hall–Kier alpha value is -2.90. The Bertz CT molecular complexity index is 927. The first-order valence-corrected chi connectivity index (χ1v) is 10.2. The first-order chi connectivity index (χ1) is 14.4. The monoisotopic (exact) mass is 409 g/mol. The van der Waals surface area contributed by atoms with Crippen LogP contribution in [0.2, 0.25) is 0 Å². The van der Waals surface area contributed by atoms with Crippen LogP contribution >= 0.6 is 0 Å². The number of nitrogens with one attached hydrogen (secondary N) is 1. The Morgan fingerprint density at radius 1 is 1.10 bits per heavy atom. The lowest BCUT2D eigenvalue weighted by Gasteiger charge is -2.49. The number of phenols is 1. The van der Waals surface area contributed by atoms with E-state index in [9.17, 15) is 19.8 Å². The predicted molar refractivity (Wildman–Crippen MR) is 112 cm³/mol. The van der Waals surface area contributed by atoms with Gasteiger partial charge in [0.2, 0.25) is 5.91 Å². The maximum atomic E-state index is 13.3. The van der Waals surface area contributed by atoms with Crippen molar-refractivity contribution in [1.82, 2.24) is 15.1 Å². The van der Waals surface area contributed by atoms with Crippen molar-refractivity contribution in [3.8, 4) is 5.75 Å². The van der Waals surface area contributed by atoms with Crippen LogP contribution in [0.25, 0.3) is 0 Å². The Balaban J connectivity index is 1.51. The molecule has 0 aliphatic carbocycles. The molecule has 0 radical (unpaired) electrons. The van der Waals surface area contributed by atoms with Crippen molar-refractivity contribution < 1.29 is 19.8 Å². The number of rotatable bonds is 5. The van der Waals surface area contributed by atoms with Gasteiger partial charge in [-0.25, -0.2) is 0 Å². The second-order valence-corrected chi connectivity index (χ2v) is 8.52. The Morgan fingerprint density at radius 3 is 2.47 bits per heavy atom. The normalized spacial score (nSPS) is 23.1. The van der Waals surface area contributed by atoms with Gasteiger partial charge in [-0.3, -0.25) is 9.59 Å². The molecule has 2 atom stereocenters. The van der Waals surface area contributed by atoms with Gasteiger partial charge in [-0.15, -0.1) is 0 Å². The standard InChI is InChI=1S/C23H27N3O4/c1-25-12-19(20(28)13-25)24-22(30)23(11-16-6-3-2-4-7-16)14-26(15-23)21(29)17-8-5-9-18(27)10-17/h2-10,19-20,27-28H,11-15H2,1H3,(H,24,30)/t19-,20-/m1/s1. The highest BCUT2D eigenvalue weighted by atomic mass is 16.3. The number of nitrogens with zero attached hydrogens (tertiary/aromatic N) is 2. The summed E-state index contributed by atoms with van der Waals surface area (Å²) in [5.41, 5.74) is 0.687. The van der Waals surface area contributed by atoms with Gasteiger partial charge in [-0.1, -0.05) is 36.4 Å². The minimum atomic E-state index is -0.741. The zero-order valence-electron chi connectivity index (χ0n) is 17.0. The fourth-order valence-electron chi connectivity index (χ4n) is 4.41. The number of aliphatic hydroxyl groups is 1. The van der Waals surface area contributed by atoms with Gasteiger partial charge < -0.3 is 25.3 Å². The average molecular weight is 409 g/mol. The van der Waals surface area contributed by atoms with Crippen LogP contribution in [0.1, 0.15) is 15.9 Å². The van der Waals surface area contributed by atoms with Crippen molar-refractivity contribution in [1.29, 1.82) is 0 Å². The van der Waals surface area contributed by atoms with Crippen LogP contribution in [-0.4, -0.2) is 77.2 Å². The van der Waals surface area contributed by atoms with E-state index in [1.807, 2.05) is 42.3 Å². The molecule has 158 valence electrons. The maximum absolute atomic E-state index is 13.3. The average Bonchev–Trinajstić information content (AvgIpc) is 3.01. The number of β-amino-alcohol motifs (C(OH)–C–C–N with tert-alkyl or cyclic N) is 1. The molecule has 2 fully saturated rings. The largest absolute Gasteiger partial charge is 0.508 e. The Kier molecular flexibility index (Phi) is 5.49. The lowest BCUT2D eigenvalue weighted by Crippen LogP contribution is -2.67. The molecule has 2 saturated heterocycles. The molecular weight excluding hydrogens is 382 g/mol. The van der Waals surface area contributed by atoms with Gasteiger partial charge in [-0.2, -0.15) is 0 Å². The summed E-state index contributed by atoms with van der Waals surface area (Å²) in [5.74, 6) is -0.303. The number of phenolic OH excluding ortho intramolecular Hbond substituents is 1. The molecule has 2 aromatic carbocycles. The SMILES string of the molecule is CN1C[C@@H](O)[C@H](NC(=O)C2(Cc3ccccc3)CN(C(=O)c3cccc(O)c3)C2)C1. The third-order valence-corrected chi connectivity index (χ3v) is 6.02. The first kappa shape index (κ1) is 20.4. The van der Waals surface area contributed by atoms with E-state index in [2.05, 4.69) is 5.32 Å². The summed E-state index contributed by atoms with van der Waals surface area (Å²) in [4.78, 5) is 29.7. The zero-order chi connectivity index (χ0) is 21.3. The zero-order valence-corrected chi connectivity index (χ0v) is 17.0. The van der Waals surface area contributed by atoms with Crippen molar-refractivity contribution in [2.24, 2.45) is 5.41 Å². The molecule has 2 aliphatic heterocycles. The number of carbonyl (C=O) groups is 2. The number of aliphatic hydroxyl groups excluding tert-OH is 1. The Morgan fingerprint density at radius 2 is 1.83 bits per heavy atom. The molecule has 7 heteroatoms. The number of likely N-dealkylation sites (N-methyl/N-ethyl adjacent to an activating group) is 1. The fourth-order valence-corrected chi connectivity index (χ4v) is 4.41. The minimum absolute atomic E-state index is 0.0361. The van der Waals surface area contributed by atoms with E-state index < -0.39 is 11.5 Å². The summed E-state index contributed by atoms with van der Waals surface area (Å²) in [7, 11) is 1.91. The van der Waals surface area contributed by atoms with Crippen molar-refractivity contribution in [3.05, 3.63) is 65.7 Å². The highest BCUT2D eigenvalue weighted by molar-refractivity contribution is 5.97. The summed E-state index contributed by atoms with van der Waals surface area (Å²) < 4.78 is 0. The van der Waals surface area contributed by atoms with Crippen LogP contribution in [0, 0.1) is 5.41 Å². The summed E-state index contributed by atoms with van der Waals surface area (Å²) >= 11 is 0. The van der Waals surface area contributed by atoms with Crippen LogP contribution in [0.4, 0.5) is 0 Å². The highest BCUT2D eigenvalue weighted by Crippen LogP contribution is 2.36. The molecule has 2 heterocycles. The molecule has 2 aliphatic rings. The summed E-state index contributed by atoms with van der Waals surface area (Å²) in [5, 5.41) is 22.9. The van der Waals surface area contributed by atoms with Gasteiger partial charge in [0.1, 0.15) is 5.75 Å². The molecule has 0 aromatic heterocycles. The molecule has 3 N–H and O–H groups in total. The van der Waals surface area contributed by atoms with E-state index in [0.717, 1.165) is 5.56 Å². The number of likely N-dealkylation sites (tertiary alicyclic amines) is 2. The molecule has 7 nitrogen and oxygen atoms in total. The summed E-state index contributed by atoms with van der Waals surface area (Å²) in [6.45, 7) is 1.71. The van der Waals surface area contributed by atoms with Crippen molar-refractivity contribution in [3.63, 3.8) is 0 Å². The molecule has 0 spiro atoms. The van der Waals surface area contributed by atoms with E-state index >= 15 is 0 Å². The van der Waals surface area contributed by atoms with Crippen LogP contribution in [0.3, 0.4) is 0 Å². The summed E-state index contributed by atoms with van der Waals surface area (Å²) in [6.07, 6.45) is -0.0832. The van der Waals surface area contributed by atoms with Gasteiger partial charge in [0.05, 0.1) is 17.6 Å². The molecule has 0 unspecified atom stereocenters. The highest BCUT2D eigenvalue weighted by Gasteiger charge is 2.52. The molecular formula is C23H27N3O4. The smallest absolute Gasteiger partial charge is 0.254 e. The third-order valence-electron chi connectivity index (χ3n) is 6.02. The number of hydrogen-bond donors (Lipinski definition) is 3. The molecule has 2 aromatic rings. The van der Waals surface area contributed by atoms with Crippen LogP contribution in [0.15, 0.2) is 54.6 Å². The topological polar surface area (TPSA) is 93.1 Å². The van der Waals surface area contributed by atoms with Crippen LogP contribution in [-0.2, 0) is 11.2 Å². The van der Waals surface area contributed by atoms with Gasteiger partial charge in [0, 0.05) is 31.7 Å². The number of carbonyl (C=O) groups excluding carboxylic acids is 2. The number of amides is 2. The van der Waals surface area contributed by atoms with Crippen LogP contribution < -0.4 is 5.32 Å². The van der Waals surface area contributed by atoms with E-state index in [0.29, 0.717) is 38.2 Å².